The summed E-state index contributed by atoms with van der Waals surface area (Å²) in [6.45, 7) is 6.37. The van der Waals surface area contributed by atoms with Crippen LogP contribution in [0.15, 0.2) is 24.3 Å². The van der Waals surface area contributed by atoms with Crippen molar-refractivity contribution >= 4 is 22.6 Å². The van der Waals surface area contributed by atoms with Crippen LogP contribution < -0.4 is 0 Å². The van der Waals surface area contributed by atoms with E-state index in [0.29, 0.717) is 3.92 Å². The van der Waals surface area contributed by atoms with Crippen LogP contribution in [-0.4, -0.2) is 9.53 Å². The van der Waals surface area contributed by atoms with E-state index in [1.54, 1.807) is 0 Å². The largest absolute Gasteiger partial charge is 0.367 e. The smallest absolute Gasteiger partial charge is 0.0955 e. The minimum absolute atomic E-state index is 0.0639. The van der Waals surface area contributed by atoms with Crippen molar-refractivity contribution in [1.29, 1.82) is 0 Å². The fourth-order valence-electron chi connectivity index (χ4n) is 2.03. The van der Waals surface area contributed by atoms with Crippen molar-refractivity contribution in [3.63, 3.8) is 0 Å². The Bertz CT molecular complexity index is 354. The lowest BCUT2D eigenvalue weighted by molar-refractivity contribution is -0.0561. The average molecular weight is 316 g/mol. The van der Waals surface area contributed by atoms with Gasteiger partial charge in [0.25, 0.3) is 0 Å². The van der Waals surface area contributed by atoms with Crippen molar-refractivity contribution in [2.75, 3.05) is 0 Å². The second-order valence-electron chi connectivity index (χ2n) is 5.07. The van der Waals surface area contributed by atoms with E-state index in [2.05, 4.69) is 67.6 Å². The second kappa shape index (κ2) is 4.06. The molecule has 1 aromatic carbocycles. The Morgan fingerprint density at radius 1 is 1.27 bits per heavy atom. The number of halogens is 1. The number of hydrogen-bond acceptors (Lipinski definition) is 1. The Morgan fingerprint density at radius 3 is 2.60 bits per heavy atom. The van der Waals surface area contributed by atoms with E-state index in [9.17, 15) is 0 Å². The van der Waals surface area contributed by atoms with Crippen LogP contribution in [0.5, 0.6) is 0 Å². The average Bonchev–Trinajstić information content (AvgIpc) is 2.41. The van der Waals surface area contributed by atoms with Crippen molar-refractivity contribution in [3.05, 3.63) is 35.4 Å². The molecule has 2 heteroatoms. The number of hydrogen-bond donors (Lipinski definition) is 0. The molecule has 2 atom stereocenters. The molecule has 0 spiro atoms. The molecule has 82 valence electrons. The van der Waals surface area contributed by atoms with Crippen LogP contribution in [0, 0.1) is 0 Å². The third-order valence-corrected chi connectivity index (χ3v) is 3.68. The van der Waals surface area contributed by atoms with Gasteiger partial charge in [0.1, 0.15) is 0 Å². The zero-order chi connectivity index (χ0) is 11.1. The van der Waals surface area contributed by atoms with E-state index in [1.807, 2.05) is 0 Å². The summed E-state index contributed by atoms with van der Waals surface area (Å²) in [7, 11) is 0. The number of rotatable bonds is 1. The van der Waals surface area contributed by atoms with E-state index in [1.165, 1.54) is 11.1 Å². The summed E-state index contributed by atoms with van der Waals surface area (Å²) >= 11 is 2.50. The maximum atomic E-state index is 6.13. The van der Waals surface area contributed by atoms with Crippen LogP contribution >= 0.6 is 22.6 Å². The summed E-state index contributed by atoms with van der Waals surface area (Å²) in [5.41, 5.74) is 2.77. The molecule has 0 aromatic heterocycles. The normalized spacial score (nSPS) is 25.3. The highest BCUT2D eigenvalue weighted by Gasteiger charge is 2.33. The molecule has 0 saturated heterocycles. The van der Waals surface area contributed by atoms with Crippen LogP contribution in [0.25, 0.3) is 0 Å². The highest BCUT2D eigenvalue weighted by Crippen LogP contribution is 2.40. The van der Waals surface area contributed by atoms with Crippen LogP contribution in [0.2, 0.25) is 0 Å². The Labute approximate surface area is 105 Å². The Kier molecular flexibility index (Phi) is 3.08. The molecular formula is C13H17IO. The molecule has 15 heavy (non-hydrogen) atoms. The van der Waals surface area contributed by atoms with Crippen LogP contribution in [0.1, 0.15) is 38.0 Å². The topological polar surface area (TPSA) is 9.23 Å². The van der Waals surface area contributed by atoms with Gasteiger partial charge in [-0.2, -0.15) is 0 Å². The summed E-state index contributed by atoms with van der Waals surface area (Å²) < 4.78 is 6.70. The fourth-order valence-corrected chi connectivity index (χ4v) is 3.04. The van der Waals surface area contributed by atoms with Crippen molar-refractivity contribution in [2.24, 2.45) is 0 Å². The predicted octanol–water partition coefficient (Wildman–Crippen LogP) is 3.90. The van der Waals surface area contributed by atoms with Gasteiger partial charge in [0.15, 0.2) is 0 Å². The maximum absolute atomic E-state index is 6.13. The van der Waals surface area contributed by atoms with Gasteiger partial charge in [0, 0.05) is 3.92 Å². The van der Waals surface area contributed by atoms with Gasteiger partial charge < -0.3 is 4.74 Å². The number of fused-ring (bicyclic) bond motifs is 1. The van der Waals surface area contributed by atoms with Crippen molar-refractivity contribution in [3.8, 4) is 0 Å². The summed E-state index contributed by atoms with van der Waals surface area (Å²) in [4.78, 5) is 0. The molecule has 0 unspecified atom stereocenters. The standard InChI is InChI=1S/C13H17IO/c1-13(2,3)15-12-10-7-5-4-6-9(10)8-11(12)14/h4-7,11-12H,8H2,1-3H3/t11-,12-/m0/s1. The zero-order valence-corrected chi connectivity index (χ0v) is 11.6. The minimum Gasteiger partial charge on any atom is -0.367 e. The Morgan fingerprint density at radius 2 is 1.93 bits per heavy atom. The number of alkyl halides is 1. The van der Waals surface area contributed by atoms with E-state index >= 15 is 0 Å². The van der Waals surface area contributed by atoms with E-state index < -0.39 is 0 Å². The molecule has 1 aromatic rings. The third kappa shape index (κ3) is 2.53. The molecule has 1 aliphatic carbocycles. The summed E-state index contributed by atoms with van der Waals surface area (Å²) in [5, 5.41) is 0. The van der Waals surface area contributed by atoms with Gasteiger partial charge in [-0.3, -0.25) is 0 Å². The second-order valence-corrected chi connectivity index (χ2v) is 6.67. The van der Waals surface area contributed by atoms with Gasteiger partial charge >= 0.3 is 0 Å². The third-order valence-electron chi connectivity index (χ3n) is 2.59. The lowest BCUT2D eigenvalue weighted by Gasteiger charge is -2.27. The molecule has 0 bridgehead atoms. The zero-order valence-electron chi connectivity index (χ0n) is 9.46. The highest BCUT2D eigenvalue weighted by molar-refractivity contribution is 14.1. The number of ether oxygens (including phenoxy) is 1. The van der Waals surface area contributed by atoms with Crippen LogP contribution in [0.4, 0.5) is 0 Å². The first kappa shape index (κ1) is 11.4. The minimum atomic E-state index is -0.0639. The molecule has 0 radical (unpaired) electrons. The van der Waals surface area contributed by atoms with Gasteiger partial charge in [-0.05, 0) is 38.3 Å². The first-order valence-electron chi connectivity index (χ1n) is 5.37. The quantitative estimate of drug-likeness (QED) is 0.564. The molecule has 0 fully saturated rings. The molecular weight excluding hydrogens is 299 g/mol. The predicted molar refractivity (Wildman–Crippen MR) is 71.5 cm³/mol. The van der Waals surface area contributed by atoms with Gasteiger partial charge in [-0.25, -0.2) is 0 Å². The first-order valence-corrected chi connectivity index (χ1v) is 6.61. The fraction of sp³-hybridized carbons (Fsp3) is 0.538. The van der Waals surface area contributed by atoms with E-state index in [-0.39, 0.29) is 11.7 Å². The SMILES string of the molecule is CC(C)(C)O[C@H]1c2ccccc2C[C@@H]1I. The van der Waals surface area contributed by atoms with Crippen LogP contribution in [-0.2, 0) is 11.2 Å². The van der Waals surface area contributed by atoms with E-state index in [0.717, 1.165) is 6.42 Å². The van der Waals surface area contributed by atoms with Gasteiger partial charge in [0.2, 0.25) is 0 Å². The summed E-state index contributed by atoms with van der Waals surface area (Å²) in [6, 6.07) is 8.63. The molecule has 2 rings (SSSR count). The Hall–Kier alpha value is -0.0900. The molecule has 1 nitrogen and oxygen atoms in total. The molecule has 0 N–H and O–H groups in total. The lowest BCUT2D eigenvalue weighted by atomic mass is 10.1. The summed E-state index contributed by atoms with van der Waals surface area (Å²) in [6.07, 6.45) is 1.40. The molecule has 0 heterocycles. The maximum Gasteiger partial charge on any atom is 0.0955 e. The van der Waals surface area contributed by atoms with Gasteiger partial charge in [-0.1, -0.05) is 46.9 Å². The van der Waals surface area contributed by atoms with Crippen molar-refractivity contribution in [2.45, 2.75) is 42.8 Å². The lowest BCUT2D eigenvalue weighted by Crippen LogP contribution is -2.25. The highest BCUT2D eigenvalue weighted by atomic mass is 127. The van der Waals surface area contributed by atoms with E-state index in [4.69, 9.17) is 4.74 Å². The van der Waals surface area contributed by atoms with Crippen molar-refractivity contribution < 1.29 is 4.74 Å². The monoisotopic (exact) mass is 316 g/mol. The molecule has 0 aliphatic heterocycles. The van der Waals surface area contributed by atoms with Crippen LogP contribution in [0.3, 0.4) is 0 Å². The van der Waals surface area contributed by atoms with Crippen molar-refractivity contribution in [1.82, 2.24) is 0 Å². The van der Waals surface area contributed by atoms with Gasteiger partial charge in [-0.15, -0.1) is 0 Å². The molecule has 0 saturated carbocycles. The summed E-state index contributed by atoms with van der Waals surface area (Å²) in [5.74, 6) is 0. The first-order chi connectivity index (χ1) is 6.97. The molecule has 1 aliphatic rings. The van der Waals surface area contributed by atoms with Gasteiger partial charge in [0.05, 0.1) is 11.7 Å². The molecule has 0 amide bonds. The number of benzene rings is 1. The Balaban J connectivity index is 2.26.